The largest absolute Gasteiger partial charge is 0.318 e. The number of thiazole rings is 1. The molecule has 0 aliphatic carbocycles. The Hall–Kier alpha value is -1.29. The summed E-state index contributed by atoms with van der Waals surface area (Å²) in [6.45, 7) is 5.00. The lowest BCUT2D eigenvalue weighted by Crippen LogP contribution is -2.26. The third-order valence-electron chi connectivity index (χ3n) is 2.85. The molecule has 7 nitrogen and oxygen atoms in total. The van der Waals surface area contributed by atoms with Gasteiger partial charge in [-0.15, -0.1) is 11.3 Å². The van der Waals surface area contributed by atoms with E-state index in [9.17, 15) is 8.42 Å². The molecule has 9 heteroatoms. The molecule has 0 saturated carbocycles. The molecule has 0 aliphatic heterocycles. The van der Waals surface area contributed by atoms with Gasteiger partial charge in [0, 0.05) is 23.8 Å². The van der Waals surface area contributed by atoms with Gasteiger partial charge in [0.2, 0.25) is 10.0 Å². The average molecular weight is 329 g/mol. The zero-order valence-electron chi connectivity index (χ0n) is 12.2. The Kier molecular flexibility index (Phi) is 5.09. The molecular weight excluding hydrogens is 310 g/mol. The van der Waals surface area contributed by atoms with Crippen molar-refractivity contribution in [2.75, 3.05) is 13.6 Å². The van der Waals surface area contributed by atoms with Gasteiger partial charge in [-0.25, -0.2) is 18.1 Å². The normalized spacial score (nSPS) is 13.5. The van der Waals surface area contributed by atoms with Gasteiger partial charge < -0.3 is 5.32 Å². The van der Waals surface area contributed by atoms with E-state index in [2.05, 4.69) is 20.1 Å². The van der Waals surface area contributed by atoms with Gasteiger partial charge in [-0.05, 0) is 20.9 Å². The Morgan fingerprint density at radius 2 is 2.24 bits per heavy atom. The molecule has 0 spiro atoms. The van der Waals surface area contributed by atoms with Crippen molar-refractivity contribution in [2.45, 2.75) is 31.3 Å². The number of sulfonamides is 1. The fraction of sp³-hybridized carbons (Fsp3) is 0.500. The standard InChI is InChI=1S/C12H19N5O2S2/c1-9-8-20-12(15-9)10(2)16-21(18,19)11-6-14-17(7-11)5-4-13-3/h6-8,10,13,16H,4-5H2,1-3H3. The van der Waals surface area contributed by atoms with E-state index >= 15 is 0 Å². The highest BCUT2D eigenvalue weighted by Gasteiger charge is 2.21. The zero-order valence-corrected chi connectivity index (χ0v) is 13.8. The lowest BCUT2D eigenvalue weighted by Gasteiger charge is -2.10. The summed E-state index contributed by atoms with van der Waals surface area (Å²) in [5, 5.41) is 9.68. The third kappa shape index (κ3) is 4.10. The second kappa shape index (κ2) is 6.65. The van der Waals surface area contributed by atoms with Gasteiger partial charge in [0.1, 0.15) is 9.90 Å². The SMILES string of the molecule is CNCCn1cc(S(=O)(=O)NC(C)c2nc(C)cs2)cn1. The fourth-order valence-electron chi connectivity index (χ4n) is 1.75. The molecule has 0 aliphatic rings. The molecule has 2 rings (SSSR count). The highest BCUT2D eigenvalue weighted by molar-refractivity contribution is 7.89. The minimum Gasteiger partial charge on any atom is -0.318 e. The van der Waals surface area contributed by atoms with E-state index in [1.807, 2.05) is 19.4 Å². The first-order valence-electron chi connectivity index (χ1n) is 6.54. The molecule has 116 valence electrons. The van der Waals surface area contributed by atoms with Crippen LogP contribution in [-0.4, -0.2) is 36.8 Å². The minimum absolute atomic E-state index is 0.165. The van der Waals surface area contributed by atoms with Gasteiger partial charge in [0.05, 0.1) is 18.8 Å². The summed E-state index contributed by atoms with van der Waals surface area (Å²) in [6, 6.07) is -0.366. The number of rotatable bonds is 7. The van der Waals surface area contributed by atoms with Crippen molar-refractivity contribution >= 4 is 21.4 Å². The molecular formula is C12H19N5O2S2. The first kappa shape index (κ1) is 16.1. The quantitative estimate of drug-likeness (QED) is 0.788. The maximum absolute atomic E-state index is 12.3. The van der Waals surface area contributed by atoms with Crippen LogP contribution in [-0.2, 0) is 16.6 Å². The second-order valence-corrected chi connectivity index (χ2v) is 7.32. The van der Waals surface area contributed by atoms with Gasteiger partial charge in [0.15, 0.2) is 0 Å². The summed E-state index contributed by atoms with van der Waals surface area (Å²) in [5.41, 5.74) is 0.890. The third-order valence-corrected chi connectivity index (χ3v) is 5.49. The predicted molar refractivity (Wildman–Crippen MR) is 81.7 cm³/mol. The number of hydrogen-bond acceptors (Lipinski definition) is 6. The summed E-state index contributed by atoms with van der Waals surface area (Å²) in [4.78, 5) is 4.46. The van der Waals surface area contributed by atoms with Crippen LogP contribution in [0.5, 0.6) is 0 Å². The van der Waals surface area contributed by atoms with Crippen molar-refractivity contribution in [2.24, 2.45) is 0 Å². The van der Waals surface area contributed by atoms with Crippen LogP contribution in [0.15, 0.2) is 22.7 Å². The van der Waals surface area contributed by atoms with Gasteiger partial charge in [-0.2, -0.15) is 5.10 Å². The van der Waals surface area contributed by atoms with Crippen LogP contribution in [0, 0.1) is 6.92 Å². The molecule has 0 amide bonds. The molecule has 0 fully saturated rings. The molecule has 2 aromatic rings. The minimum atomic E-state index is -3.59. The molecule has 0 aromatic carbocycles. The monoisotopic (exact) mass is 329 g/mol. The molecule has 1 unspecified atom stereocenters. The van der Waals surface area contributed by atoms with Crippen LogP contribution in [0.2, 0.25) is 0 Å². The molecule has 0 bridgehead atoms. The Balaban J connectivity index is 2.09. The lowest BCUT2D eigenvalue weighted by molar-refractivity contribution is 0.564. The highest BCUT2D eigenvalue weighted by atomic mass is 32.2. The van der Waals surface area contributed by atoms with Crippen molar-refractivity contribution in [3.05, 3.63) is 28.5 Å². The second-order valence-electron chi connectivity index (χ2n) is 4.71. The zero-order chi connectivity index (χ0) is 15.5. The van der Waals surface area contributed by atoms with E-state index in [-0.39, 0.29) is 10.9 Å². The van der Waals surface area contributed by atoms with Gasteiger partial charge in [-0.3, -0.25) is 4.68 Å². The Morgan fingerprint density at radius 1 is 1.48 bits per heavy atom. The van der Waals surface area contributed by atoms with Crippen molar-refractivity contribution < 1.29 is 8.42 Å². The molecule has 2 N–H and O–H groups in total. The Labute approximate surface area is 128 Å². The molecule has 1 atom stereocenters. The van der Waals surface area contributed by atoms with Crippen LogP contribution in [0.3, 0.4) is 0 Å². The highest BCUT2D eigenvalue weighted by Crippen LogP contribution is 2.20. The average Bonchev–Trinajstić information content (AvgIpc) is 3.05. The maximum Gasteiger partial charge on any atom is 0.244 e. The lowest BCUT2D eigenvalue weighted by atomic mass is 10.4. The Bertz CT molecular complexity index is 692. The van der Waals surface area contributed by atoms with Crippen molar-refractivity contribution in [3.8, 4) is 0 Å². The van der Waals surface area contributed by atoms with E-state index in [0.717, 1.165) is 17.2 Å². The predicted octanol–water partition coefficient (Wildman–Crippen LogP) is 0.907. The summed E-state index contributed by atoms with van der Waals surface area (Å²) in [7, 11) is -1.76. The van der Waals surface area contributed by atoms with Gasteiger partial charge in [-0.1, -0.05) is 0 Å². The number of hydrogen-bond donors (Lipinski definition) is 2. The van der Waals surface area contributed by atoms with Crippen LogP contribution in [0.4, 0.5) is 0 Å². The first-order valence-corrected chi connectivity index (χ1v) is 8.90. The van der Waals surface area contributed by atoms with Crippen LogP contribution in [0.25, 0.3) is 0 Å². The summed E-state index contributed by atoms with van der Waals surface area (Å²) in [5.74, 6) is 0. The number of likely N-dealkylation sites (N-methyl/N-ethyl adjacent to an activating group) is 1. The fourth-order valence-corrected chi connectivity index (χ4v) is 3.79. The summed E-state index contributed by atoms with van der Waals surface area (Å²) < 4.78 is 28.8. The first-order chi connectivity index (χ1) is 9.92. The number of aromatic nitrogens is 3. The van der Waals surface area contributed by atoms with Crippen LogP contribution in [0.1, 0.15) is 23.7 Å². The molecule has 0 saturated heterocycles. The van der Waals surface area contributed by atoms with E-state index in [4.69, 9.17) is 0 Å². The number of nitrogens with one attached hydrogen (secondary N) is 2. The van der Waals surface area contributed by atoms with E-state index in [0.29, 0.717) is 6.54 Å². The van der Waals surface area contributed by atoms with Crippen molar-refractivity contribution in [3.63, 3.8) is 0 Å². The summed E-state index contributed by atoms with van der Waals surface area (Å²) in [6.07, 6.45) is 2.89. The molecule has 21 heavy (non-hydrogen) atoms. The van der Waals surface area contributed by atoms with Gasteiger partial charge >= 0.3 is 0 Å². The van der Waals surface area contributed by atoms with E-state index < -0.39 is 10.0 Å². The smallest absolute Gasteiger partial charge is 0.244 e. The van der Waals surface area contributed by atoms with Crippen LogP contribution >= 0.6 is 11.3 Å². The van der Waals surface area contributed by atoms with E-state index in [1.165, 1.54) is 23.7 Å². The van der Waals surface area contributed by atoms with Crippen molar-refractivity contribution in [1.82, 2.24) is 24.8 Å². The van der Waals surface area contributed by atoms with Crippen molar-refractivity contribution in [1.29, 1.82) is 0 Å². The number of aryl methyl sites for hydroxylation is 1. The summed E-state index contributed by atoms with van der Waals surface area (Å²) >= 11 is 1.44. The maximum atomic E-state index is 12.3. The molecule has 2 aromatic heterocycles. The topological polar surface area (TPSA) is 88.9 Å². The van der Waals surface area contributed by atoms with E-state index in [1.54, 1.807) is 11.6 Å². The molecule has 2 heterocycles. The number of nitrogens with zero attached hydrogens (tertiary/aromatic N) is 3. The van der Waals surface area contributed by atoms with Crippen LogP contribution < -0.4 is 10.0 Å². The van der Waals surface area contributed by atoms with Gasteiger partial charge in [0.25, 0.3) is 0 Å². The Morgan fingerprint density at radius 3 is 2.86 bits per heavy atom. The molecule has 0 radical (unpaired) electrons.